The molecule has 0 bridgehead atoms. The lowest BCUT2D eigenvalue weighted by molar-refractivity contribution is -0.269. The van der Waals surface area contributed by atoms with Gasteiger partial charge in [0.2, 0.25) is 0 Å². The number of carbonyl (C=O) groups excluding carboxylic acids is 2. The van der Waals surface area contributed by atoms with E-state index in [2.05, 4.69) is 48.5 Å². The Kier molecular flexibility index (Phi) is 5.06. The number of fused-ring (bicyclic) bond motifs is 7. The molecule has 0 spiro atoms. The van der Waals surface area contributed by atoms with E-state index in [0.717, 1.165) is 51.4 Å². The maximum Gasteiger partial charge on any atom is 0.139 e. The Balaban J connectivity index is 1.58. The van der Waals surface area contributed by atoms with E-state index in [0.29, 0.717) is 35.7 Å². The Bertz CT molecular complexity index is 876. The van der Waals surface area contributed by atoms with Crippen LogP contribution >= 0.6 is 0 Å². The summed E-state index contributed by atoms with van der Waals surface area (Å²) in [6.07, 6.45) is 10.2. The first-order chi connectivity index (χ1) is 15.2. The Morgan fingerprint density at radius 2 is 1.52 bits per heavy atom. The van der Waals surface area contributed by atoms with E-state index in [1.165, 1.54) is 6.42 Å². The van der Waals surface area contributed by atoms with Crippen LogP contribution in [0.1, 0.15) is 113 Å². The number of hydrogen-bond acceptors (Lipinski definition) is 3. The molecular weight excluding hydrogens is 408 g/mol. The van der Waals surface area contributed by atoms with Crippen LogP contribution < -0.4 is 0 Å². The number of aliphatic hydroxyl groups excluding tert-OH is 1. The smallest absolute Gasteiger partial charge is 0.139 e. The molecule has 0 aromatic heterocycles. The monoisotopic (exact) mass is 456 g/mol. The third kappa shape index (κ3) is 2.78. The molecule has 0 aliphatic heterocycles. The minimum atomic E-state index is -0.282. The van der Waals surface area contributed by atoms with Crippen LogP contribution in [0.2, 0.25) is 0 Å². The van der Waals surface area contributed by atoms with Crippen molar-refractivity contribution >= 4 is 11.6 Å². The van der Waals surface area contributed by atoms with Crippen LogP contribution in [0.4, 0.5) is 0 Å². The quantitative estimate of drug-likeness (QED) is 0.483. The van der Waals surface area contributed by atoms with Crippen molar-refractivity contribution < 1.29 is 14.7 Å². The molecular formula is C30H48O3. The average molecular weight is 457 g/mol. The SMILES string of the molecule is C[C@H]1C(=O)CC[C@@H]2[C@]3(C)CC[C@@]4(CO)[C@@H]5CC(C)(C)C(=O)C[C@]5(C)CC[C@]4(C)[C@@H]3CC[C@@]21C. The first-order valence-corrected chi connectivity index (χ1v) is 13.9. The molecule has 0 saturated heterocycles. The van der Waals surface area contributed by atoms with Crippen molar-refractivity contribution in [1.82, 2.24) is 0 Å². The van der Waals surface area contributed by atoms with E-state index >= 15 is 0 Å². The van der Waals surface area contributed by atoms with Gasteiger partial charge in [0.1, 0.15) is 11.6 Å². The van der Waals surface area contributed by atoms with Gasteiger partial charge in [-0.15, -0.1) is 0 Å². The van der Waals surface area contributed by atoms with Crippen LogP contribution in [-0.4, -0.2) is 23.3 Å². The second-order valence-corrected chi connectivity index (χ2v) is 15.0. The molecule has 5 rings (SSSR count). The van der Waals surface area contributed by atoms with Gasteiger partial charge in [0, 0.05) is 36.2 Å². The largest absolute Gasteiger partial charge is 0.396 e. The lowest BCUT2D eigenvalue weighted by Crippen LogP contribution is -2.70. The van der Waals surface area contributed by atoms with Gasteiger partial charge in [0.25, 0.3) is 0 Å². The molecule has 0 aromatic rings. The van der Waals surface area contributed by atoms with Gasteiger partial charge in [-0.05, 0) is 90.8 Å². The van der Waals surface area contributed by atoms with Gasteiger partial charge in [-0.2, -0.15) is 0 Å². The topological polar surface area (TPSA) is 54.4 Å². The number of hydrogen-bond donors (Lipinski definition) is 1. The molecule has 1 N–H and O–H groups in total. The summed E-state index contributed by atoms with van der Waals surface area (Å²) in [5, 5.41) is 11.2. The molecule has 5 aliphatic rings. The molecule has 5 fully saturated rings. The molecule has 3 nitrogen and oxygen atoms in total. The number of Topliss-reactive ketones (excluding diaryl/α,β-unsaturated/α-hetero) is 2. The number of carbonyl (C=O) groups is 2. The van der Waals surface area contributed by atoms with Crippen LogP contribution in [0.3, 0.4) is 0 Å². The highest BCUT2D eigenvalue weighted by molar-refractivity contribution is 5.85. The Labute approximate surface area is 201 Å². The predicted molar refractivity (Wildman–Crippen MR) is 132 cm³/mol. The maximum atomic E-state index is 13.0. The summed E-state index contributed by atoms with van der Waals surface area (Å²) in [5.41, 5.74) is 0.113. The van der Waals surface area contributed by atoms with Gasteiger partial charge in [-0.3, -0.25) is 9.59 Å². The van der Waals surface area contributed by atoms with Gasteiger partial charge in [0.15, 0.2) is 0 Å². The van der Waals surface area contributed by atoms with Gasteiger partial charge < -0.3 is 5.11 Å². The Morgan fingerprint density at radius 1 is 0.818 bits per heavy atom. The van der Waals surface area contributed by atoms with Crippen molar-refractivity contribution in [2.24, 2.45) is 56.2 Å². The second kappa shape index (κ2) is 6.95. The summed E-state index contributed by atoms with van der Waals surface area (Å²) in [5.74, 6) is 2.67. The molecule has 3 heteroatoms. The van der Waals surface area contributed by atoms with Crippen molar-refractivity contribution in [1.29, 1.82) is 0 Å². The van der Waals surface area contributed by atoms with Crippen molar-refractivity contribution in [3.05, 3.63) is 0 Å². The van der Waals surface area contributed by atoms with Crippen molar-refractivity contribution in [3.63, 3.8) is 0 Å². The van der Waals surface area contributed by atoms with Crippen LogP contribution in [0.5, 0.6) is 0 Å². The van der Waals surface area contributed by atoms with Crippen LogP contribution in [0.25, 0.3) is 0 Å². The number of rotatable bonds is 1. The van der Waals surface area contributed by atoms with Crippen LogP contribution in [-0.2, 0) is 9.59 Å². The van der Waals surface area contributed by atoms with E-state index in [-0.39, 0.29) is 45.0 Å². The maximum absolute atomic E-state index is 13.0. The fraction of sp³-hybridized carbons (Fsp3) is 0.933. The molecule has 186 valence electrons. The summed E-state index contributed by atoms with van der Waals surface area (Å²) in [7, 11) is 0. The lowest BCUT2D eigenvalue weighted by Gasteiger charge is -2.74. The van der Waals surface area contributed by atoms with Gasteiger partial charge in [-0.1, -0.05) is 48.5 Å². The summed E-state index contributed by atoms with van der Waals surface area (Å²) in [6, 6.07) is 0. The van der Waals surface area contributed by atoms with Crippen molar-refractivity contribution in [2.45, 2.75) is 113 Å². The molecule has 9 atom stereocenters. The lowest BCUT2D eigenvalue weighted by atomic mass is 9.30. The van der Waals surface area contributed by atoms with E-state index in [4.69, 9.17) is 0 Å². The van der Waals surface area contributed by atoms with E-state index in [1.807, 2.05) is 0 Å². The highest BCUT2D eigenvalue weighted by Gasteiger charge is 2.72. The normalized spacial score (nSPS) is 55.8. The number of aliphatic hydroxyl groups is 1. The van der Waals surface area contributed by atoms with E-state index in [9.17, 15) is 14.7 Å². The van der Waals surface area contributed by atoms with Gasteiger partial charge in [-0.25, -0.2) is 0 Å². The van der Waals surface area contributed by atoms with E-state index in [1.54, 1.807) is 0 Å². The highest BCUT2D eigenvalue weighted by atomic mass is 16.3. The molecule has 0 aromatic carbocycles. The van der Waals surface area contributed by atoms with Gasteiger partial charge in [0.05, 0.1) is 0 Å². The minimum absolute atomic E-state index is 0.0253. The predicted octanol–water partition coefficient (Wildman–Crippen LogP) is 6.61. The third-order valence-corrected chi connectivity index (χ3v) is 13.6. The van der Waals surface area contributed by atoms with Crippen LogP contribution in [0.15, 0.2) is 0 Å². The van der Waals surface area contributed by atoms with E-state index < -0.39 is 0 Å². The Hall–Kier alpha value is -0.700. The zero-order valence-corrected chi connectivity index (χ0v) is 22.4. The molecule has 0 radical (unpaired) electrons. The second-order valence-electron chi connectivity index (χ2n) is 15.0. The highest BCUT2D eigenvalue weighted by Crippen LogP contribution is 2.78. The fourth-order valence-corrected chi connectivity index (χ4v) is 11.2. The summed E-state index contributed by atoms with van der Waals surface area (Å²) >= 11 is 0. The molecule has 33 heavy (non-hydrogen) atoms. The average Bonchev–Trinajstić information content (AvgIpc) is 2.73. The Morgan fingerprint density at radius 3 is 2.18 bits per heavy atom. The summed E-state index contributed by atoms with van der Waals surface area (Å²) in [6.45, 7) is 16.6. The minimum Gasteiger partial charge on any atom is -0.396 e. The zero-order chi connectivity index (χ0) is 24.2. The fourth-order valence-electron chi connectivity index (χ4n) is 11.2. The standard InChI is InChI=1S/C30H48O3/c1-19-20(32)8-9-21-27(19,5)11-10-22-28(21,6)13-15-30(18-31)23-16-25(2,3)24(33)17-26(23,4)12-14-29(22,30)7/h19,21-23,31H,8-18H2,1-7H3/t19-,21-,22+,23+,26-,27+,28-,29+,30+/m0/s1. The third-order valence-electron chi connectivity index (χ3n) is 13.6. The van der Waals surface area contributed by atoms with Gasteiger partial charge >= 0.3 is 0 Å². The first-order valence-electron chi connectivity index (χ1n) is 13.9. The first kappa shape index (κ1) is 24.0. The zero-order valence-electron chi connectivity index (χ0n) is 22.4. The summed E-state index contributed by atoms with van der Waals surface area (Å²) < 4.78 is 0. The molecule has 5 saturated carbocycles. The van der Waals surface area contributed by atoms with Crippen molar-refractivity contribution in [3.8, 4) is 0 Å². The molecule has 0 unspecified atom stereocenters. The number of ketones is 2. The van der Waals surface area contributed by atoms with Crippen LogP contribution in [0, 0.1) is 56.2 Å². The molecule has 0 amide bonds. The summed E-state index contributed by atoms with van der Waals surface area (Å²) in [4.78, 5) is 25.8. The molecule has 5 aliphatic carbocycles. The van der Waals surface area contributed by atoms with Crippen molar-refractivity contribution in [2.75, 3.05) is 6.61 Å². The molecule has 0 heterocycles.